The first-order chi connectivity index (χ1) is 16.9. The van der Waals surface area contributed by atoms with Crippen LogP contribution in [0.3, 0.4) is 0 Å². The third kappa shape index (κ3) is 4.37. The summed E-state index contributed by atoms with van der Waals surface area (Å²) in [7, 11) is 0. The van der Waals surface area contributed by atoms with Gasteiger partial charge in [0.1, 0.15) is 29.2 Å². The molecule has 1 aliphatic carbocycles. The van der Waals surface area contributed by atoms with Gasteiger partial charge >= 0.3 is 0 Å². The van der Waals surface area contributed by atoms with Gasteiger partial charge in [-0.05, 0) is 60.4 Å². The van der Waals surface area contributed by atoms with Gasteiger partial charge < -0.3 is 24.8 Å². The number of pyridine rings is 1. The first-order valence-corrected chi connectivity index (χ1v) is 12.5. The number of hydrogen-bond acceptors (Lipinski definition) is 6. The Hall–Kier alpha value is -3.09. The molecule has 0 unspecified atom stereocenters. The van der Waals surface area contributed by atoms with Gasteiger partial charge in [-0.2, -0.15) is 0 Å². The lowest BCUT2D eigenvalue weighted by Crippen LogP contribution is -2.66. The van der Waals surface area contributed by atoms with Crippen molar-refractivity contribution in [2.75, 3.05) is 31.2 Å². The van der Waals surface area contributed by atoms with Crippen molar-refractivity contribution in [2.45, 2.75) is 44.2 Å². The van der Waals surface area contributed by atoms with Gasteiger partial charge in [0.2, 0.25) is 0 Å². The Balaban J connectivity index is 1.07. The van der Waals surface area contributed by atoms with Gasteiger partial charge in [-0.3, -0.25) is 0 Å². The summed E-state index contributed by atoms with van der Waals surface area (Å²) in [6, 6.07) is 21.1. The standard InChI is InChI=1S/C29H33N3O3/c1-28(2,21-5-9-24(10-6-21)35-26-13-22(30)14-26)20-3-7-23(8-4-20)34-25-11-12-27(31-15-25)32-16-29(17-32)18-33-19-29/h3-12,15,22,26H,13-14,16-19,30H2,1-2H3. The molecule has 3 heterocycles. The van der Waals surface area contributed by atoms with Crippen LogP contribution in [0.15, 0.2) is 66.9 Å². The Morgan fingerprint density at radius 3 is 2.00 bits per heavy atom. The smallest absolute Gasteiger partial charge is 0.145 e. The molecule has 0 amide bonds. The van der Waals surface area contributed by atoms with E-state index in [1.165, 1.54) is 11.1 Å². The molecule has 2 aliphatic heterocycles. The molecule has 2 N–H and O–H groups in total. The summed E-state index contributed by atoms with van der Waals surface area (Å²) in [4.78, 5) is 6.89. The third-order valence-corrected chi connectivity index (χ3v) is 7.74. The number of anilines is 1. The fourth-order valence-electron chi connectivity index (χ4n) is 5.21. The summed E-state index contributed by atoms with van der Waals surface area (Å²) in [5.41, 5.74) is 8.57. The zero-order valence-corrected chi connectivity index (χ0v) is 20.4. The predicted octanol–water partition coefficient (Wildman–Crippen LogP) is 4.90. The van der Waals surface area contributed by atoms with Crippen molar-refractivity contribution < 1.29 is 14.2 Å². The van der Waals surface area contributed by atoms with Gasteiger partial charge in [-0.15, -0.1) is 0 Å². The van der Waals surface area contributed by atoms with Gasteiger partial charge in [0.25, 0.3) is 0 Å². The maximum atomic E-state index is 6.06. The third-order valence-electron chi connectivity index (χ3n) is 7.74. The molecule has 1 spiro atoms. The molecule has 3 aromatic rings. The zero-order valence-electron chi connectivity index (χ0n) is 20.4. The topological polar surface area (TPSA) is 69.8 Å². The van der Waals surface area contributed by atoms with Crippen molar-refractivity contribution in [2.24, 2.45) is 11.1 Å². The lowest BCUT2D eigenvalue weighted by Gasteiger charge is -2.55. The fourth-order valence-corrected chi connectivity index (χ4v) is 5.21. The number of nitrogens with two attached hydrogens (primary N) is 1. The minimum absolute atomic E-state index is 0.140. The first-order valence-electron chi connectivity index (χ1n) is 12.5. The molecule has 6 heteroatoms. The number of hydrogen-bond donors (Lipinski definition) is 1. The molecule has 0 bridgehead atoms. The summed E-state index contributed by atoms with van der Waals surface area (Å²) in [6.07, 6.45) is 3.94. The van der Waals surface area contributed by atoms with Crippen molar-refractivity contribution >= 4 is 5.82 Å². The number of aromatic nitrogens is 1. The van der Waals surface area contributed by atoms with Gasteiger partial charge in [0.15, 0.2) is 0 Å². The number of ether oxygens (including phenoxy) is 3. The van der Waals surface area contributed by atoms with Crippen molar-refractivity contribution in [1.29, 1.82) is 0 Å². The molecule has 0 atom stereocenters. The van der Waals surface area contributed by atoms with Gasteiger partial charge in [-0.25, -0.2) is 4.98 Å². The molecule has 6 nitrogen and oxygen atoms in total. The van der Waals surface area contributed by atoms with Crippen molar-refractivity contribution in [3.63, 3.8) is 0 Å². The average molecular weight is 472 g/mol. The highest BCUT2D eigenvalue weighted by Crippen LogP contribution is 2.40. The van der Waals surface area contributed by atoms with Crippen LogP contribution >= 0.6 is 0 Å². The average Bonchev–Trinajstić information content (AvgIpc) is 2.78. The molecule has 6 rings (SSSR count). The van der Waals surface area contributed by atoms with Crippen molar-refractivity contribution in [3.8, 4) is 17.2 Å². The highest BCUT2D eigenvalue weighted by Gasteiger charge is 2.49. The Bertz CT molecular complexity index is 1160. The maximum Gasteiger partial charge on any atom is 0.145 e. The Kier molecular flexibility index (Phi) is 5.46. The van der Waals surface area contributed by atoms with Gasteiger partial charge in [0, 0.05) is 24.5 Å². The van der Waals surface area contributed by atoms with Crippen LogP contribution in [0.1, 0.15) is 37.8 Å². The second-order valence-electron chi connectivity index (χ2n) is 10.9. The van der Waals surface area contributed by atoms with Crippen LogP contribution in [-0.4, -0.2) is 43.4 Å². The summed E-state index contributed by atoms with van der Waals surface area (Å²) in [5.74, 6) is 3.46. The van der Waals surface area contributed by atoms with E-state index in [0.717, 1.165) is 62.2 Å². The molecule has 3 aliphatic rings. The molecular formula is C29H33N3O3. The molecule has 3 fully saturated rings. The van der Waals surface area contributed by atoms with E-state index in [0.29, 0.717) is 11.5 Å². The molecule has 1 aromatic heterocycles. The molecule has 2 aromatic carbocycles. The van der Waals surface area contributed by atoms with Crippen LogP contribution in [0.25, 0.3) is 0 Å². The first kappa shape index (κ1) is 22.4. The molecule has 182 valence electrons. The van der Waals surface area contributed by atoms with E-state index < -0.39 is 0 Å². The van der Waals surface area contributed by atoms with E-state index >= 15 is 0 Å². The largest absolute Gasteiger partial charge is 0.490 e. The van der Waals surface area contributed by atoms with Crippen molar-refractivity contribution in [1.82, 2.24) is 4.98 Å². The van der Waals surface area contributed by atoms with E-state index in [1.54, 1.807) is 6.20 Å². The molecular weight excluding hydrogens is 438 g/mol. The summed E-state index contributed by atoms with van der Waals surface area (Å²) in [5, 5.41) is 0. The summed E-state index contributed by atoms with van der Waals surface area (Å²) in [6.45, 7) is 8.30. The fraction of sp³-hybridized carbons (Fsp3) is 0.414. The van der Waals surface area contributed by atoms with E-state index in [-0.39, 0.29) is 11.5 Å². The SMILES string of the molecule is CC(C)(c1ccc(Oc2ccc(N3CC4(COC4)C3)nc2)cc1)c1ccc(OC2CC(N)C2)cc1. The van der Waals surface area contributed by atoms with Gasteiger partial charge in [0.05, 0.1) is 24.8 Å². The van der Waals surface area contributed by atoms with E-state index in [4.69, 9.17) is 19.9 Å². The quantitative estimate of drug-likeness (QED) is 0.528. The van der Waals surface area contributed by atoms with Crippen LogP contribution in [0.4, 0.5) is 5.82 Å². The summed E-state index contributed by atoms with van der Waals surface area (Å²) < 4.78 is 17.4. The molecule has 2 saturated heterocycles. The maximum absolute atomic E-state index is 6.06. The Morgan fingerprint density at radius 2 is 1.49 bits per heavy atom. The summed E-state index contributed by atoms with van der Waals surface area (Å²) >= 11 is 0. The molecule has 1 saturated carbocycles. The van der Waals surface area contributed by atoms with Crippen LogP contribution in [0.5, 0.6) is 17.2 Å². The normalized spacial score (nSPS) is 22.7. The molecule has 0 radical (unpaired) electrons. The Labute approximate surface area is 207 Å². The van der Waals surface area contributed by atoms with Crippen LogP contribution in [0.2, 0.25) is 0 Å². The zero-order chi connectivity index (χ0) is 24.0. The van der Waals surface area contributed by atoms with Gasteiger partial charge in [-0.1, -0.05) is 38.1 Å². The molecule has 35 heavy (non-hydrogen) atoms. The van der Waals surface area contributed by atoms with Crippen LogP contribution < -0.4 is 20.1 Å². The minimum Gasteiger partial charge on any atom is -0.490 e. The van der Waals surface area contributed by atoms with Crippen LogP contribution in [0, 0.1) is 5.41 Å². The second-order valence-corrected chi connectivity index (χ2v) is 10.9. The van der Waals surface area contributed by atoms with Crippen LogP contribution in [-0.2, 0) is 10.2 Å². The van der Waals surface area contributed by atoms with E-state index in [9.17, 15) is 0 Å². The highest BCUT2D eigenvalue weighted by atomic mass is 16.5. The second kappa shape index (κ2) is 8.54. The Morgan fingerprint density at radius 1 is 0.886 bits per heavy atom. The lowest BCUT2D eigenvalue weighted by atomic mass is 9.78. The number of nitrogens with zero attached hydrogens (tertiary/aromatic N) is 2. The number of rotatable bonds is 7. The predicted molar refractivity (Wildman–Crippen MR) is 136 cm³/mol. The van der Waals surface area contributed by atoms with E-state index in [2.05, 4.69) is 60.1 Å². The monoisotopic (exact) mass is 471 g/mol. The van der Waals surface area contributed by atoms with E-state index in [1.807, 2.05) is 24.3 Å². The highest BCUT2D eigenvalue weighted by molar-refractivity contribution is 5.47. The minimum atomic E-state index is -0.140. The number of benzene rings is 2. The lowest BCUT2D eigenvalue weighted by molar-refractivity contribution is -0.127. The van der Waals surface area contributed by atoms with Crippen molar-refractivity contribution in [3.05, 3.63) is 78.0 Å².